The van der Waals surface area contributed by atoms with Crippen LogP contribution in [-0.2, 0) is 4.74 Å². The van der Waals surface area contributed by atoms with Crippen LogP contribution in [0.25, 0.3) is 11.0 Å². The zero-order valence-corrected chi connectivity index (χ0v) is 14.4. The standard InChI is InChI=1S/C16H23ClN4O2/c1-16(2,3)23-15(22)19-8-4-5-11(18)14-20-12-7-6-10(17)9-13(12)21-14/h6-7,9,11H,4-5,8,18H2,1-3H3,(H,19,22)(H,20,21). The molecule has 1 aromatic heterocycles. The molecule has 1 amide bonds. The first kappa shape index (κ1) is 17.6. The van der Waals surface area contributed by atoms with Crippen molar-refractivity contribution in [2.24, 2.45) is 5.73 Å². The second-order valence-corrected chi connectivity index (χ2v) is 6.90. The topological polar surface area (TPSA) is 93.0 Å². The van der Waals surface area contributed by atoms with E-state index in [1.807, 2.05) is 32.9 Å². The average molecular weight is 339 g/mol. The number of benzene rings is 1. The number of aromatic nitrogens is 2. The molecule has 6 nitrogen and oxygen atoms in total. The Labute approximate surface area is 140 Å². The normalized spacial score (nSPS) is 13.1. The minimum atomic E-state index is -0.490. The molecule has 0 saturated carbocycles. The molecule has 1 atom stereocenters. The van der Waals surface area contributed by atoms with E-state index in [1.54, 1.807) is 6.07 Å². The van der Waals surface area contributed by atoms with E-state index in [-0.39, 0.29) is 6.04 Å². The zero-order valence-electron chi connectivity index (χ0n) is 13.6. The van der Waals surface area contributed by atoms with Gasteiger partial charge in [0.25, 0.3) is 0 Å². The van der Waals surface area contributed by atoms with Crippen molar-refractivity contribution >= 4 is 28.7 Å². The highest BCUT2D eigenvalue weighted by Crippen LogP contribution is 2.20. The molecule has 1 unspecified atom stereocenters. The summed E-state index contributed by atoms with van der Waals surface area (Å²) in [7, 11) is 0. The van der Waals surface area contributed by atoms with Gasteiger partial charge < -0.3 is 20.8 Å². The fraction of sp³-hybridized carbons (Fsp3) is 0.500. The summed E-state index contributed by atoms with van der Waals surface area (Å²) in [5.74, 6) is 0.722. The van der Waals surface area contributed by atoms with Gasteiger partial charge in [-0.1, -0.05) is 11.6 Å². The Morgan fingerprint density at radius 1 is 1.48 bits per heavy atom. The maximum absolute atomic E-state index is 11.5. The number of nitrogens with one attached hydrogen (secondary N) is 2. The van der Waals surface area contributed by atoms with Crippen molar-refractivity contribution in [1.82, 2.24) is 15.3 Å². The van der Waals surface area contributed by atoms with Crippen molar-refractivity contribution < 1.29 is 9.53 Å². The summed E-state index contributed by atoms with van der Waals surface area (Å²) in [5.41, 5.74) is 7.36. The lowest BCUT2D eigenvalue weighted by Crippen LogP contribution is -2.33. The third kappa shape index (κ3) is 5.41. The first-order valence-corrected chi connectivity index (χ1v) is 8.00. The number of carbonyl (C=O) groups is 1. The first-order chi connectivity index (χ1) is 10.7. The number of nitrogens with zero attached hydrogens (tertiary/aromatic N) is 1. The van der Waals surface area contributed by atoms with Crippen LogP contribution in [0.1, 0.15) is 45.5 Å². The molecule has 2 rings (SSSR count). The summed E-state index contributed by atoms with van der Waals surface area (Å²) >= 11 is 5.95. The molecule has 7 heteroatoms. The Morgan fingerprint density at radius 2 is 2.22 bits per heavy atom. The van der Waals surface area contributed by atoms with E-state index >= 15 is 0 Å². The Balaban J connectivity index is 1.80. The van der Waals surface area contributed by atoms with Gasteiger partial charge >= 0.3 is 6.09 Å². The van der Waals surface area contributed by atoms with E-state index in [0.29, 0.717) is 18.0 Å². The molecule has 0 saturated heterocycles. The third-order valence-electron chi connectivity index (χ3n) is 3.17. The van der Waals surface area contributed by atoms with Gasteiger partial charge in [-0.05, 0) is 51.8 Å². The van der Waals surface area contributed by atoms with Gasteiger partial charge in [-0.25, -0.2) is 9.78 Å². The molecule has 1 heterocycles. The van der Waals surface area contributed by atoms with Gasteiger partial charge in [-0.2, -0.15) is 0 Å². The van der Waals surface area contributed by atoms with Crippen molar-refractivity contribution in [3.8, 4) is 0 Å². The number of carbonyl (C=O) groups excluding carboxylic acids is 1. The lowest BCUT2D eigenvalue weighted by Gasteiger charge is -2.19. The lowest BCUT2D eigenvalue weighted by atomic mass is 10.1. The average Bonchev–Trinajstić information content (AvgIpc) is 2.84. The Morgan fingerprint density at radius 3 is 2.91 bits per heavy atom. The van der Waals surface area contributed by atoms with Crippen LogP contribution in [0.5, 0.6) is 0 Å². The number of nitrogens with two attached hydrogens (primary N) is 1. The number of amides is 1. The quantitative estimate of drug-likeness (QED) is 0.727. The smallest absolute Gasteiger partial charge is 0.407 e. The molecule has 4 N–H and O–H groups in total. The molecule has 0 aliphatic rings. The van der Waals surface area contributed by atoms with Gasteiger partial charge in [-0.15, -0.1) is 0 Å². The zero-order chi connectivity index (χ0) is 17.0. The molecule has 126 valence electrons. The largest absolute Gasteiger partial charge is 0.444 e. The summed E-state index contributed by atoms with van der Waals surface area (Å²) in [6.07, 6.45) is 1.02. The van der Waals surface area contributed by atoms with Gasteiger partial charge in [0.05, 0.1) is 17.1 Å². The number of hydrogen-bond donors (Lipinski definition) is 3. The van der Waals surface area contributed by atoms with Crippen LogP contribution in [0.4, 0.5) is 4.79 Å². The number of halogens is 1. The maximum Gasteiger partial charge on any atom is 0.407 e. The van der Waals surface area contributed by atoms with E-state index in [2.05, 4.69) is 15.3 Å². The fourth-order valence-corrected chi connectivity index (χ4v) is 2.31. The van der Waals surface area contributed by atoms with Crippen molar-refractivity contribution in [3.05, 3.63) is 29.0 Å². The van der Waals surface area contributed by atoms with Gasteiger partial charge in [0.1, 0.15) is 11.4 Å². The molecule has 0 aliphatic heterocycles. The van der Waals surface area contributed by atoms with Crippen molar-refractivity contribution in [1.29, 1.82) is 0 Å². The highest BCUT2D eigenvalue weighted by Gasteiger charge is 2.16. The predicted octanol–water partition coefficient (Wildman–Crippen LogP) is 3.52. The minimum Gasteiger partial charge on any atom is -0.444 e. The van der Waals surface area contributed by atoms with Gasteiger partial charge in [0, 0.05) is 11.6 Å². The van der Waals surface area contributed by atoms with Crippen molar-refractivity contribution in [3.63, 3.8) is 0 Å². The second-order valence-electron chi connectivity index (χ2n) is 6.46. The molecule has 2 aromatic rings. The van der Waals surface area contributed by atoms with Crippen molar-refractivity contribution in [2.75, 3.05) is 6.54 Å². The molecule has 0 spiro atoms. The van der Waals surface area contributed by atoms with Crippen LogP contribution >= 0.6 is 11.6 Å². The summed E-state index contributed by atoms with van der Waals surface area (Å²) in [6.45, 7) is 6.00. The van der Waals surface area contributed by atoms with E-state index in [9.17, 15) is 4.79 Å². The number of fused-ring (bicyclic) bond motifs is 1. The number of hydrogen-bond acceptors (Lipinski definition) is 4. The van der Waals surface area contributed by atoms with Gasteiger partial charge in [0.15, 0.2) is 0 Å². The fourth-order valence-electron chi connectivity index (χ4n) is 2.14. The number of H-pyrrole nitrogens is 1. The highest BCUT2D eigenvalue weighted by molar-refractivity contribution is 6.31. The van der Waals surface area contributed by atoms with E-state index < -0.39 is 11.7 Å². The van der Waals surface area contributed by atoms with E-state index in [4.69, 9.17) is 22.1 Å². The molecule has 0 fully saturated rings. The Kier molecular flexibility index (Phi) is 5.49. The summed E-state index contributed by atoms with van der Waals surface area (Å²) < 4.78 is 5.17. The number of aromatic amines is 1. The number of rotatable bonds is 5. The maximum atomic E-state index is 11.5. The van der Waals surface area contributed by atoms with Crippen LogP contribution in [0, 0.1) is 0 Å². The van der Waals surface area contributed by atoms with E-state index in [1.165, 1.54) is 0 Å². The molecule has 0 aliphatic carbocycles. The lowest BCUT2D eigenvalue weighted by molar-refractivity contribution is 0.0526. The van der Waals surface area contributed by atoms with Crippen LogP contribution in [0.3, 0.4) is 0 Å². The summed E-state index contributed by atoms with van der Waals surface area (Å²) in [6, 6.07) is 5.25. The summed E-state index contributed by atoms with van der Waals surface area (Å²) in [4.78, 5) is 19.2. The van der Waals surface area contributed by atoms with Crippen LogP contribution in [0.2, 0.25) is 5.02 Å². The molecule has 0 radical (unpaired) electrons. The Hall–Kier alpha value is -1.79. The molecule has 0 bridgehead atoms. The molecule has 23 heavy (non-hydrogen) atoms. The van der Waals surface area contributed by atoms with Crippen LogP contribution < -0.4 is 11.1 Å². The molecule has 1 aromatic carbocycles. The van der Waals surface area contributed by atoms with Gasteiger partial charge in [-0.3, -0.25) is 0 Å². The summed E-state index contributed by atoms with van der Waals surface area (Å²) in [5, 5.41) is 3.37. The monoisotopic (exact) mass is 338 g/mol. The van der Waals surface area contributed by atoms with Crippen molar-refractivity contribution in [2.45, 2.75) is 45.3 Å². The number of alkyl carbamates (subject to hydrolysis) is 1. The number of ether oxygens (including phenoxy) is 1. The predicted molar refractivity (Wildman–Crippen MR) is 91.5 cm³/mol. The number of imidazole rings is 1. The SMILES string of the molecule is CC(C)(C)OC(=O)NCCCC(N)c1nc2ccc(Cl)cc2[nH]1. The first-order valence-electron chi connectivity index (χ1n) is 7.62. The second kappa shape index (κ2) is 7.19. The van der Waals surface area contributed by atoms with Crippen LogP contribution in [-0.4, -0.2) is 28.2 Å². The minimum absolute atomic E-state index is 0.221. The molecular formula is C16H23ClN4O2. The third-order valence-corrected chi connectivity index (χ3v) is 3.41. The van der Waals surface area contributed by atoms with E-state index in [0.717, 1.165) is 23.3 Å². The van der Waals surface area contributed by atoms with Crippen LogP contribution in [0.15, 0.2) is 18.2 Å². The highest BCUT2D eigenvalue weighted by atomic mass is 35.5. The van der Waals surface area contributed by atoms with Gasteiger partial charge in [0.2, 0.25) is 0 Å². The Bertz CT molecular complexity index is 678. The molecular weight excluding hydrogens is 316 g/mol.